The monoisotopic (exact) mass is 918 g/mol. The van der Waals surface area contributed by atoms with E-state index in [-0.39, 0.29) is 94.3 Å². The van der Waals surface area contributed by atoms with Crippen molar-refractivity contribution in [2.45, 2.75) is 135 Å². The summed E-state index contributed by atoms with van der Waals surface area (Å²) in [4.78, 5) is 20.9. The standard InChI is InChI=1S/C8H13ClO.3C5H10.C3H4Cl2O.CH2Cl2.4CH3.Al.3ClH.2Fe.H2S/c9-6-5-8(10)7-3-1-2-4-7;3*1-2-4-5-3-1;4-2-1-3(5)6;2-1-3;;;;;;;;;;;/h7H,1-6H2;3*1-5H2;1-2H2;1H2;4*1H3;;3*1H;;;1H2/q;;;;;;4*-1;+3;;;;2*+2;/p-3. The Kier molecular flexibility index (Phi) is 108. The van der Waals surface area contributed by atoms with Crippen LogP contribution in [0.15, 0.2) is 0 Å². The predicted molar refractivity (Wildman–Crippen MR) is 214 cm³/mol. The maximum absolute atomic E-state index is 11.2. The molecule has 4 rings (SSSR count). The van der Waals surface area contributed by atoms with Gasteiger partial charge in [-0.1, -0.05) is 109 Å². The molecule has 14 heteroatoms. The van der Waals surface area contributed by atoms with E-state index in [2.05, 4.69) is 0 Å². The topological polar surface area (TPSA) is 34.1 Å². The zero-order valence-corrected chi connectivity index (χ0v) is 38.6. The molecule has 4 fully saturated rings. The number of Topliss-reactive ketones (excluding diaryl/α,β-unsaturated/α-hetero) is 1. The molecule has 4 aliphatic rings. The van der Waals surface area contributed by atoms with E-state index < -0.39 is 11.4 Å². The third-order valence-electron chi connectivity index (χ3n) is 6.19. The summed E-state index contributed by atoms with van der Waals surface area (Å²) in [5.74, 6) is 1.56. The Bertz CT molecular complexity index is 441. The average molecular weight is 922 g/mol. The molecule has 2 nitrogen and oxygen atoms in total. The number of carbonyl (C=O) groups is 2. The van der Waals surface area contributed by atoms with E-state index in [1.807, 2.05) is 0 Å². The molecule has 0 N–H and O–H groups in total. The number of rotatable bonds is 5. The zero-order chi connectivity index (χ0) is 29.3. The molecule has 0 aromatic carbocycles. The Hall–Kier alpha value is 3.58. The van der Waals surface area contributed by atoms with Crippen LogP contribution < -0.4 is 0 Å². The molecule has 0 aliphatic heterocycles. The minimum atomic E-state index is -1.72. The molecule has 0 aromatic heterocycles. The molecule has 0 radical (unpaired) electrons. The Labute approximate surface area is 351 Å². The largest absolute Gasteiger partial charge is 2.00 e. The van der Waals surface area contributed by atoms with E-state index in [4.69, 9.17) is 88.2 Å². The first-order valence-electron chi connectivity index (χ1n) is 14.1. The fourth-order valence-electron chi connectivity index (χ4n) is 4.27. The van der Waals surface area contributed by atoms with E-state index in [1.54, 1.807) is 0 Å². The second kappa shape index (κ2) is 65.9. The predicted octanol–water partition coefficient (Wildman–Crippen LogP) is 14.6. The SMILES string of the molecule is C1CCCC1.C1CCCC1.C1CCCC1.ClCCl.O=C(CCCl)C1CCCC1.O=C(Cl)CCCl.S.[CH3-].[CH3-].[CH3-].[CH3-].[Cl][Al]([Cl])[Cl].[Fe+2].[Fe+2]. The van der Waals surface area contributed by atoms with Crippen LogP contribution >= 0.6 is 102 Å². The Morgan fingerprint density at radius 2 is 0.711 bits per heavy atom. The average Bonchev–Trinajstić information content (AvgIpc) is 3.73. The smallest absolute Gasteiger partial charge is 0.358 e. The van der Waals surface area contributed by atoms with Crippen molar-refractivity contribution in [2.75, 3.05) is 17.1 Å². The van der Waals surface area contributed by atoms with Crippen molar-refractivity contribution in [1.82, 2.24) is 0 Å². The van der Waals surface area contributed by atoms with Gasteiger partial charge in [-0.15, -0.1) is 46.4 Å². The van der Waals surface area contributed by atoms with Crippen LogP contribution in [0.1, 0.15) is 135 Å². The summed E-state index contributed by atoms with van der Waals surface area (Å²) >= 11 is 23.2. The summed E-state index contributed by atoms with van der Waals surface area (Å²) in [6, 6.07) is 0. The molecule has 0 aromatic rings. The van der Waals surface area contributed by atoms with Crippen molar-refractivity contribution in [1.29, 1.82) is 0 Å². The first-order valence-corrected chi connectivity index (χ1v) is 21.9. The van der Waals surface area contributed by atoms with Crippen LogP contribution in [0.5, 0.6) is 0 Å². The maximum atomic E-state index is 11.2. The maximum Gasteiger partial charge on any atom is 2.00 e. The molecule has 0 spiro atoms. The van der Waals surface area contributed by atoms with Gasteiger partial charge in [-0.3, -0.25) is 9.59 Å². The normalized spacial score (nSPS) is 14.5. The Morgan fingerprint density at radius 3 is 0.844 bits per heavy atom. The quantitative estimate of drug-likeness (QED) is 0.119. The van der Waals surface area contributed by atoms with Gasteiger partial charge in [0.05, 0.1) is 5.34 Å². The second-order valence-corrected chi connectivity index (χ2v) is 17.8. The van der Waals surface area contributed by atoms with Gasteiger partial charge in [-0.25, -0.2) is 30.1 Å². The van der Waals surface area contributed by atoms with Crippen molar-refractivity contribution in [3.05, 3.63) is 29.7 Å². The van der Waals surface area contributed by atoms with E-state index in [9.17, 15) is 9.59 Å². The number of halogens is 8. The van der Waals surface area contributed by atoms with Gasteiger partial charge < -0.3 is 29.7 Å². The summed E-state index contributed by atoms with van der Waals surface area (Å²) < 4.78 is 0. The molecule has 45 heavy (non-hydrogen) atoms. The molecule has 4 aliphatic carbocycles. The number of ketones is 1. The van der Waals surface area contributed by atoms with Gasteiger partial charge in [-0.05, 0) is 24.4 Å². The van der Waals surface area contributed by atoms with E-state index in [0.717, 1.165) is 12.8 Å². The third-order valence-corrected chi connectivity index (χ3v) is 6.76. The zero-order valence-electron chi connectivity index (χ0n) is 28.2. The van der Waals surface area contributed by atoms with E-state index >= 15 is 0 Å². The van der Waals surface area contributed by atoms with Crippen molar-refractivity contribution in [2.24, 2.45) is 5.92 Å². The van der Waals surface area contributed by atoms with Crippen LogP contribution in [0.2, 0.25) is 0 Å². The summed E-state index contributed by atoms with van der Waals surface area (Å²) in [5, 5.41) is -0.176. The Morgan fingerprint density at radius 1 is 0.511 bits per heavy atom. The first kappa shape index (κ1) is 73.9. The number of hydrogen-bond donors (Lipinski definition) is 0. The van der Waals surface area contributed by atoms with Gasteiger partial charge >= 0.3 is 45.5 Å². The third kappa shape index (κ3) is 78.1. The van der Waals surface area contributed by atoms with Crippen LogP contribution in [-0.4, -0.2) is 39.5 Å². The fraction of sp³-hybridized carbons (Fsp3) is 0.806. The van der Waals surface area contributed by atoms with Crippen LogP contribution in [0, 0.1) is 35.6 Å². The molecular formula is C31H63AlCl8Fe2O2S. The minimum Gasteiger partial charge on any atom is -0.358 e. The molecule has 0 heterocycles. The van der Waals surface area contributed by atoms with Gasteiger partial charge in [-0.2, -0.15) is 13.5 Å². The van der Waals surface area contributed by atoms with Crippen LogP contribution in [0.25, 0.3) is 0 Å². The summed E-state index contributed by atoms with van der Waals surface area (Å²) in [6.45, 7) is 0. The van der Waals surface area contributed by atoms with Crippen molar-refractivity contribution >= 4 is 124 Å². The molecule has 0 amide bonds. The molecule has 280 valence electrons. The van der Waals surface area contributed by atoms with Gasteiger partial charge in [0.15, 0.2) is 0 Å². The molecular weight excluding hydrogens is 859 g/mol. The summed E-state index contributed by atoms with van der Waals surface area (Å²) in [6.07, 6.45) is 28.0. The summed E-state index contributed by atoms with van der Waals surface area (Å²) in [7, 11) is 14.8. The van der Waals surface area contributed by atoms with Gasteiger partial charge in [0, 0.05) is 30.5 Å². The van der Waals surface area contributed by atoms with E-state index in [1.165, 1.54) is 109 Å². The molecule has 0 bridgehead atoms. The molecule has 4 saturated carbocycles. The van der Waals surface area contributed by atoms with Crippen LogP contribution in [0.3, 0.4) is 0 Å². The molecule has 0 atom stereocenters. The fourth-order valence-corrected chi connectivity index (χ4v) is 4.82. The minimum absolute atomic E-state index is 0. The van der Waals surface area contributed by atoms with Gasteiger partial charge in [0.2, 0.25) is 5.24 Å². The van der Waals surface area contributed by atoms with Crippen molar-refractivity contribution < 1.29 is 43.7 Å². The number of carbonyl (C=O) groups excluding carboxylic acids is 2. The Balaban J connectivity index is -0.0000000398. The number of hydrogen-bond acceptors (Lipinski definition) is 2. The number of alkyl halides is 4. The van der Waals surface area contributed by atoms with Gasteiger partial charge in [0.25, 0.3) is 0 Å². The second-order valence-electron chi connectivity index (χ2n) is 9.33. The summed E-state index contributed by atoms with van der Waals surface area (Å²) in [5.41, 5.74) is 0. The van der Waals surface area contributed by atoms with Crippen LogP contribution in [0.4, 0.5) is 0 Å². The van der Waals surface area contributed by atoms with Crippen molar-refractivity contribution in [3.8, 4) is 0 Å². The van der Waals surface area contributed by atoms with Gasteiger partial charge in [0.1, 0.15) is 5.78 Å². The van der Waals surface area contributed by atoms with Crippen molar-refractivity contribution in [3.63, 3.8) is 0 Å². The van der Waals surface area contributed by atoms with Crippen LogP contribution in [-0.2, 0) is 43.7 Å². The first-order chi connectivity index (χ1) is 18.3. The molecule has 0 unspecified atom stereocenters. The molecule has 0 saturated heterocycles. The van der Waals surface area contributed by atoms with E-state index in [0.29, 0.717) is 29.9 Å².